The van der Waals surface area contributed by atoms with Crippen LogP contribution in [0.2, 0.25) is 0 Å². The van der Waals surface area contributed by atoms with E-state index >= 15 is 0 Å². The summed E-state index contributed by atoms with van der Waals surface area (Å²) in [5.41, 5.74) is 1.94. The molecule has 0 fully saturated rings. The molecule has 4 heteroatoms. The molecule has 3 nitrogen and oxygen atoms in total. The van der Waals surface area contributed by atoms with Gasteiger partial charge in [0, 0.05) is 5.39 Å². The SMILES string of the molecule is CC(C)CCCCCCc1cc2ccccc2c(S(=O)(=O)O)c1CCCCCCC(C)C. The fourth-order valence-electron chi connectivity index (χ4n) is 4.63. The van der Waals surface area contributed by atoms with E-state index in [0.29, 0.717) is 11.8 Å². The van der Waals surface area contributed by atoms with Gasteiger partial charge in [-0.3, -0.25) is 4.55 Å². The van der Waals surface area contributed by atoms with Crippen molar-refractivity contribution in [2.45, 2.75) is 110 Å². The monoisotopic (exact) mass is 460 g/mol. The van der Waals surface area contributed by atoms with E-state index in [1.807, 2.05) is 24.3 Å². The van der Waals surface area contributed by atoms with Crippen molar-refractivity contribution in [3.05, 3.63) is 41.5 Å². The third kappa shape index (κ3) is 8.86. The minimum atomic E-state index is -4.29. The number of hydrogen-bond donors (Lipinski definition) is 1. The van der Waals surface area contributed by atoms with Crippen LogP contribution in [0.25, 0.3) is 10.8 Å². The summed E-state index contributed by atoms with van der Waals surface area (Å²) in [4.78, 5) is 0.146. The third-order valence-electron chi connectivity index (χ3n) is 6.39. The van der Waals surface area contributed by atoms with Gasteiger partial charge >= 0.3 is 0 Å². The van der Waals surface area contributed by atoms with E-state index in [0.717, 1.165) is 60.5 Å². The third-order valence-corrected chi connectivity index (χ3v) is 7.37. The number of unbranched alkanes of at least 4 members (excludes halogenated alkanes) is 6. The zero-order valence-corrected chi connectivity index (χ0v) is 21.5. The molecule has 0 aliphatic rings. The van der Waals surface area contributed by atoms with Gasteiger partial charge in [0.25, 0.3) is 10.1 Å². The van der Waals surface area contributed by atoms with Crippen LogP contribution < -0.4 is 0 Å². The Morgan fingerprint density at radius 1 is 0.750 bits per heavy atom. The molecule has 0 saturated heterocycles. The van der Waals surface area contributed by atoms with Crippen LogP contribution in [0.3, 0.4) is 0 Å². The van der Waals surface area contributed by atoms with Gasteiger partial charge in [-0.2, -0.15) is 8.42 Å². The van der Waals surface area contributed by atoms with E-state index in [1.54, 1.807) is 0 Å². The van der Waals surface area contributed by atoms with Crippen LogP contribution in [-0.2, 0) is 23.0 Å². The van der Waals surface area contributed by atoms with E-state index in [-0.39, 0.29) is 4.90 Å². The number of hydrogen-bond acceptors (Lipinski definition) is 2. The van der Waals surface area contributed by atoms with Crippen LogP contribution in [0.15, 0.2) is 35.2 Å². The highest BCUT2D eigenvalue weighted by atomic mass is 32.2. The second kappa shape index (κ2) is 13.3. The second-order valence-corrected chi connectivity index (χ2v) is 11.6. The zero-order chi connectivity index (χ0) is 23.6. The number of benzene rings is 2. The van der Waals surface area contributed by atoms with Gasteiger partial charge in [0.15, 0.2) is 0 Å². The van der Waals surface area contributed by atoms with Gasteiger partial charge < -0.3 is 0 Å². The summed E-state index contributed by atoms with van der Waals surface area (Å²) in [6, 6.07) is 9.71. The standard InChI is InChI=1S/C28H44O3S/c1-22(2)15-9-5-7-11-17-24-21-25-18-13-14-20-27(25)28(32(29,30)31)26(24)19-12-8-6-10-16-23(3)4/h13-14,18,20-23H,5-12,15-17,19H2,1-4H3,(H,29,30,31). The lowest BCUT2D eigenvalue weighted by Crippen LogP contribution is -2.08. The lowest BCUT2D eigenvalue weighted by atomic mass is 9.92. The Balaban J connectivity index is 2.19. The minimum absolute atomic E-state index is 0.146. The summed E-state index contributed by atoms with van der Waals surface area (Å²) in [5.74, 6) is 1.48. The summed E-state index contributed by atoms with van der Waals surface area (Å²) in [6.07, 6.45) is 13.3. The molecule has 2 rings (SSSR count). The normalized spacial score (nSPS) is 12.3. The van der Waals surface area contributed by atoms with Crippen LogP contribution in [0.4, 0.5) is 0 Å². The molecular formula is C28H44O3S. The molecule has 0 atom stereocenters. The van der Waals surface area contributed by atoms with E-state index in [1.165, 1.54) is 38.5 Å². The fourth-order valence-corrected chi connectivity index (χ4v) is 5.64. The molecule has 1 N–H and O–H groups in total. The van der Waals surface area contributed by atoms with Crippen molar-refractivity contribution in [1.29, 1.82) is 0 Å². The molecule has 2 aromatic carbocycles. The Bertz CT molecular complexity index is 929. The minimum Gasteiger partial charge on any atom is -0.282 e. The van der Waals surface area contributed by atoms with Gasteiger partial charge in [0.2, 0.25) is 0 Å². The molecule has 0 aliphatic heterocycles. The molecule has 0 bridgehead atoms. The van der Waals surface area contributed by atoms with Gasteiger partial charge in [0.05, 0.1) is 0 Å². The fraction of sp³-hybridized carbons (Fsp3) is 0.643. The second-order valence-electron chi connectivity index (χ2n) is 10.2. The van der Waals surface area contributed by atoms with Crippen LogP contribution in [0, 0.1) is 11.8 Å². The van der Waals surface area contributed by atoms with Crippen LogP contribution in [-0.4, -0.2) is 13.0 Å². The van der Waals surface area contributed by atoms with Crippen molar-refractivity contribution in [2.24, 2.45) is 11.8 Å². The van der Waals surface area contributed by atoms with E-state index < -0.39 is 10.1 Å². The summed E-state index contributed by atoms with van der Waals surface area (Å²) in [7, 11) is -4.29. The quantitative estimate of drug-likeness (QED) is 0.214. The highest BCUT2D eigenvalue weighted by Crippen LogP contribution is 2.32. The molecule has 0 aliphatic carbocycles. The van der Waals surface area contributed by atoms with Gasteiger partial charge in [0.1, 0.15) is 4.90 Å². The molecule has 2 aromatic rings. The van der Waals surface area contributed by atoms with Crippen LogP contribution in [0.5, 0.6) is 0 Å². The summed E-state index contributed by atoms with van der Waals surface area (Å²) >= 11 is 0. The van der Waals surface area contributed by atoms with Gasteiger partial charge in [-0.05, 0) is 54.0 Å². The summed E-state index contributed by atoms with van der Waals surface area (Å²) in [6.45, 7) is 9.03. The average Bonchev–Trinajstić information content (AvgIpc) is 2.71. The first-order valence-corrected chi connectivity index (χ1v) is 14.1. The van der Waals surface area contributed by atoms with Crippen molar-refractivity contribution in [3.8, 4) is 0 Å². The average molecular weight is 461 g/mol. The Hall–Kier alpha value is -1.39. The molecule has 0 amide bonds. The lowest BCUT2D eigenvalue weighted by Gasteiger charge is -2.17. The smallest absolute Gasteiger partial charge is 0.282 e. The Morgan fingerprint density at radius 3 is 1.84 bits per heavy atom. The number of aryl methyl sites for hydroxylation is 1. The number of rotatable bonds is 15. The van der Waals surface area contributed by atoms with E-state index in [9.17, 15) is 13.0 Å². The van der Waals surface area contributed by atoms with Crippen molar-refractivity contribution in [3.63, 3.8) is 0 Å². The predicted molar refractivity (Wildman–Crippen MR) is 137 cm³/mol. The number of fused-ring (bicyclic) bond motifs is 1. The Kier molecular flexibility index (Phi) is 11.2. The maximum atomic E-state index is 12.5. The molecular weight excluding hydrogens is 416 g/mol. The largest absolute Gasteiger partial charge is 0.295 e. The van der Waals surface area contributed by atoms with E-state index in [2.05, 4.69) is 33.8 Å². The van der Waals surface area contributed by atoms with Crippen LogP contribution >= 0.6 is 0 Å². The Morgan fingerprint density at radius 2 is 1.28 bits per heavy atom. The topological polar surface area (TPSA) is 54.4 Å². The van der Waals surface area contributed by atoms with Crippen molar-refractivity contribution in [1.82, 2.24) is 0 Å². The molecule has 180 valence electrons. The maximum absolute atomic E-state index is 12.5. The molecule has 0 spiro atoms. The molecule has 0 radical (unpaired) electrons. The summed E-state index contributed by atoms with van der Waals surface area (Å²) in [5, 5.41) is 1.54. The molecule has 32 heavy (non-hydrogen) atoms. The molecule has 0 saturated carbocycles. The first kappa shape index (κ1) is 26.9. The van der Waals surface area contributed by atoms with Crippen molar-refractivity contribution >= 4 is 20.9 Å². The van der Waals surface area contributed by atoms with Gasteiger partial charge in [-0.15, -0.1) is 0 Å². The Labute approximate surface area is 196 Å². The maximum Gasteiger partial charge on any atom is 0.295 e. The van der Waals surface area contributed by atoms with Crippen LogP contribution in [0.1, 0.15) is 103 Å². The lowest BCUT2D eigenvalue weighted by molar-refractivity contribution is 0.482. The molecule has 0 unspecified atom stereocenters. The highest BCUT2D eigenvalue weighted by molar-refractivity contribution is 7.86. The predicted octanol–water partition coefficient (Wildman–Crippen LogP) is 8.38. The van der Waals surface area contributed by atoms with E-state index in [4.69, 9.17) is 0 Å². The zero-order valence-electron chi connectivity index (χ0n) is 20.7. The first-order valence-electron chi connectivity index (χ1n) is 12.7. The van der Waals surface area contributed by atoms with Crippen molar-refractivity contribution in [2.75, 3.05) is 0 Å². The highest BCUT2D eigenvalue weighted by Gasteiger charge is 2.22. The van der Waals surface area contributed by atoms with Crippen molar-refractivity contribution < 1.29 is 13.0 Å². The molecule has 0 aromatic heterocycles. The molecule has 0 heterocycles. The summed E-state index contributed by atoms with van der Waals surface area (Å²) < 4.78 is 35.1. The van der Waals surface area contributed by atoms with Gasteiger partial charge in [-0.1, -0.05) is 109 Å². The van der Waals surface area contributed by atoms with Gasteiger partial charge in [-0.25, -0.2) is 0 Å². The first-order chi connectivity index (χ1) is 15.2.